The van der Waals surface area contributed by atoms with Gasteiger partial charge in [0, 0.05) is 12.1 Å². The molecular weight excluding hydrogens is 228 g/mol. The monoisotopic (exact) mass is 250 g/mol. The molecule has 4 nitrogen and oxygen atoms in total. The lowest BCUT2D eigenvalue weighted by Gasteiger charge is -2.10. The van der Waals surface area contributed by atoms with Gasteiger partial charge in [0.15, 0.2) is 0 Å². The molecule has 0 saturated carbocycles. The predicted octanol–water partition coefficient (Wildman–Crippen LogP) is 2.33. The van der Waals surface area contributed by atoms with E-state index in [-0.39, 0.29) is 5.91 Å². The van der Waals surface area contributed by atoms with Crippen molar-refractivity contribution >= 4 is 11.6 Å². The van der Waals surface area contributed by atoms with Crippen LogP contribution in [0.25, 0.3) is 0 Å². The summed E-state index contributed by atoms with van der Waals surface area (Å²) in [6, 6.07) is 5.70. The van der Waals surface area contributed by atoms with E-state index in [1.54, 1.807) is 0 Å². The Labute approximate surface area is 109 Å². The highest BCUT2D eigenvalue weighted by molar-refractivity contribution is 5.91. The summed E-state index contributed by atoms with van der Waals surface area (Å²) in [4.78, 5) is 11.7. The molecule has 1 rings (SSSR count). The fraction of sp³-hybridized carbons (Fsp3) is 0.500. The number of benzene rings is 1. The van der Waals surface area contributed by atoms with Gasteiger partial charge < -0.3 is 15.4 Å². The number of amides is 1. The molecule has 4 heteroatoms. The zero-order valence-electron chi connectivity index (χ0n) is 11.4. The number of rotatable bonds is 7. The summed E-state index contributed by atoms with van der Waals surface area (Å²) in [5.41, 5.74) is 1.87. The second-order valence-corrected chi connectivity index (χ2v) is 4.17. The fourth-order valence-corrected chi connectivity index (χ4v) is 1.67. The molecular formula is C14H22N2O2. The average molecular weight is 250 g/mol. The van der Waals surface area contributed by atoms with Crippen molar-refractivity contribution in [3.63, 3.8) is 0 Å². The Kier molecular flexibility index (Phi) is 6.22. The summed E-state index contributed by atoms with van der Waals surface area (Å²) >= 11 is 0. The van der Waals surface area contributed by atoms with Crippen molar-refractivity contribution in [3.8, 4) is 5.75 Å². The third kappa shape index (κ3) is 4.75. The van der Waals surface area contributed by atoms with E-state index in [0.29, 0.717) is 13.0 Å². The van der Waals surface area contributed by atoms with E-state index < -0.39 is 0 Å². The molecule has 1 amide bonds. The minimum absolute atomic E-state index is 0.0532. The smallest absolute Gasteiger partial charge is 0.224 e. The summed E-state index contributed by atoms with van der Waals surface area (Å²) in [6.07, 6.45) is 1.38. The van der Waals surface area contributed by atoms with Crippen LogP contribution in [0.4, 0.5) is 5.69 Å². The Balaban J connectivity index is 2.53. The lowest BCUT2D eigenvalue weighted by Crippen LogP contribution is -2.15. The summed E-state index contributed by atoms with van der Waals surface area (Å²) in [6.45, 7) is 5.42. The molecule has 0 aromatic heterocycles. The molecule has 18 heavy (non-hydrogen) atoms. The van der Waals surface area contributed by atoms with Crippen LogP contribution in [0.15, 0.2) is 18.2 Å². The van der Waals surface area contributed by atoms with Crippen LogP contribution in [-0.2, 0) is 4.79 Å². The van der Waals surface area contributed by atoms with Gasteiger partial charge in [0.1, 0.15) is 5.75 Å². The largest absolute Gasteiger partial charge is 0.494 e. The summed E-state index contributed by atoms with van der Waals surface area (Å²) in [5, 5.41) is 5.94. The minimum Gasteiger partial charge on any atom is -0.494 e. The molecule has 100 valence electrons. The molecule has 0 aliphatic heterocycles. The van der Waals surface area contributed by atoms with Crippen LogP contribution < -0.4 is 15.4 Å². The lowest BCUT2D eigenvalue weighted by molar-refractivity contribution is -0.116. The summed E-state index contributed by atoms with van der Waals surface area (Å²) in [7, 11) is 1.88. The zero-order chi connectivity index (χ0) is 13.4. The highest BCUT2D eigenvalue weighted by atomic mass is 16.5. The molecule has 0 aliphatic rings. The first-order chi connectivity index (χ1) is 8.67. The highest BCUT2D eigenvalue weighted by Crippen LogP contribution is 2.21. The van der Waals surface area contributed by atoms with Gasteiger partial charge in [-0.15, -0.1) is 0 Å². The summed E-state index contributed by atoms with van der Waals surface area (Å²) in [5.74, 6) is 0.890. The molecule has 1 aromatic carbocycles. The van der Waals surface area contributed by atoms with E-state index in [4.69, 9.17) is 4.74 Å². The first-order valence-electron chi connectivity index (χ1n) is 6.35. The third-order valence-corrected chi connectivity index (χ3v) is 2.61. The number of aryl methyl sites for hydroxylation is 1. The number of carbonyl (C=O) groups is 1. The number of hydrogen-bond acceptors (Lipinski definition) is 3. The van der Waals surface area contributed by atoms with E-state index in [1.807, 2.05) is 39.1 Å². The molecule has 1 aromatic rings. The predicted molar refractivity (Wildman–Crippen MR) is 74.1 cm³/mol. The summed E-state index contributed by atoms with van der Waals surface area (Å²) < 4.78 is 5.41. The Morgan fingerprint density at radius 3 is 2.78 bits per heavy atom. The first-order valence-corrected chi connectivity index (χ1v) is 6.35. The molecule has 2 N–H and O–H groups in total. The van der Waals surface area contributed by atoms with Crippen LogP contribution in [0.1, 0.15) is 25.3 Å². The van der Waals surface area contributed by atoms with Crippen LogP contribution >= 0.6 is 0 Å². The van der Waals surface area contributed by atoms with E-state index in [0.717, 1.165) is 30.0 Å². The van der Waals surface area contributed by atoms with Crippen molar-refractivity contribution in [3.05, 3.63) is 23.8 Å². The van der Waals surface area contributed by atoms with Crippen LogP contribution in [0.5, 0.6) is 5.75 Å². The van der Waals surface area contributed by atoms with Crippen LogP contribution in [-0.4, -0.2) is 26.1 Å². The van der Waals surface area contributed by atoms with Gasteiger partial charge >= 0.3 is 0 Å². The second kappa shape index (κ2) is 7.71. The Morgan fingerprint density at radius 2 is 2.17 bits per heavy atom. The Bertz CT molecular complexity index is 391. The van der Waals surface area contributed by atoms with Crippen molar-refractivity contribution in [2.24, 2.45) is 0 Å². The quantitative estimate of drug-likeness (QED) is 0.730. The van der Waals surface area contributed by atoms with Gasteiger partial charge in [0.05, 0.1) is 6.61 Å². The number of hydrogen-bond donors (Lipinski definition) is 2. The van der Waals surface area contributed by atoms with Gasteiger partial charge in [0.2, 0.25) is 5.91 Å². The molecule has 0 bridgehead atoms. The molecule has 0 heterocycles. The van der Waals surface area contributed by atoms with Gasteiger partial charge in [-0.1, -0.05) is 0 Å². The van der Waals surface area contributed by atoms with Crippen LogP contribution in [0.3, 0.4) is 0 Å². The number of nitrogens with one attached hydrogen (secondary N) is 2. The lowest BCUT2D eigenvalue weighted by atomic mass is 10.2. The normalized spacial score (nSPS) is 10.2. The molecule has 0 unspecified atom stereocenters. The van der Waals surface area contributed by atoms with E-state index >= 15 is 0 Å². The average Bonchev–Trinajstić information content (AvgIpc) is 2.33. The third-order valence-electron chi connectivity index (χ3n) is 2.61. The maximum Gasteiger partial charge on any atom is 0.224 e. The minimum atomic E-state index is 0.0532. The molecule has 0 fully saturated rings. The van der Waals surface area contributed by atoms with Crippen molar-refractivity contribution in [2.75, 3.05) is 25.5 Å². The molecule has 0 radical (unpaired) electrons. The maximum absolute atomic E-state index is 11.7. The standard InChI is InChI=1S/C14H22N2O2/c1-4-18-12-7-8-13(11(2)10-12)16-14(17)6-5-9-15-3/h7-8,10,15H,4-6,9H2,1-3H3,(H,16,17). The molecule has 0 spiro atoms. The van der Waals surface area contributed by atoms with Crippen LogP contribution in [0.2, 0.25) is 0 Å². The fourth-order valence-electron chi connectivity index (χ4n) is 1.67. The SMILES string of the molecule is CCOc1ccc(NC(=O)CCCNC)c(C)c1. The van der Waals surface area contributed by atoms with Crippen LogP contribution in [0, 0.1) is 6.92 Å². The van der Waals surface area contributed by atoms with Crippen molar-refractivity contribution in [1.82, 2.24) is 5.32 Å². The second-order valence-electron chi connectivity index (χ2n) is 4.17. The number of carbonyl (C=O) groups excluding carboxylic acids is 1. The zero-order valence-corrected chi connectivity index (χ0v) is 11.4. The molecule has 0 aliphatic carbocycles. The van der Waals surface area contributed by atoms with Crippen molar-refractivity contribution < 1.29 is 9.53 Å². The first kappa shape index (κ1) is 14.5. The van der Waals surface area contributed by atoms with Crippen molar-refractivity contribution in [1.29, 1.82) is 0 Å². The Morgan fingerprint density at radius 1 is 1.39 bits per heavy atom. The maximum atomic E-state index is 11.7. The molecule has 0 saturated heterocycles. The van der Waals surface area contributed by atoms with Gasteiger partial charge in [0.25, 0.3) is 0 Å². The van der Waals surface area contributed by atoms with Gasteiger partial charge in [-0.2, -0.15) is 0 Å². The van der Waals surface area contributed by atoms with Crippen molar-refractivity contribution in [2.45, 2.75) is 26.7 Å². The highest BCUT2D eigenvalue weighted by Gasteiger charge is 2.05. The Hall–Kier alpha value is -1.55. The van der Waals surface area contributed by atoms with Gasteiger partial charge in [-0.25, -0.2) is 0 Å². The van der Waals surface area contributed by atoms with E-state index in [1.165, 1.54) is 0 Å². The topological polar surface area (TPSA) is 50.4 Å². The van der Waals surface area contributed by atoms with E-state index in [9.17, 15) is 4.79 Å². The van der Waals surface area contributed by atoms with Gasteiger partial charge in [-0.3, -0.25) is 4.79 Å². The molecule has 0 atom stereocenters. The van der Waals surface area contributed by atoms with Gasteiger partial charge in [-0.05, 0) is 57.6 Å². The number of ether oxygens (including phenoxy) is 1. The van der Waals surface area contributed by atoms with E-state index in [2.05, 4.69) is 10.6 Å². The number of anilines is 1.